The number of hydrogen-bond acceptors (Lipinski definition) is 5. The van der Waals surface area contributed by atoms with Crippen LogP contribution in [0.25, 0.3) is 0 Å². The number of nitrogens with one attached hydrogen (secondary N) is 1. The third-order valence-electron chi connectivity index (χ3n) is 3.60. The predicted octanol–water partition coefficient (Wildman–Crippen LogP) is 1.25. The molecule has 0 radical (unpaired) electrons. The van der Waals surface area contributed by atoms with Crippen LogP contribution in [0.15, 0.2) is 29.3 Å². The molecule has 0 aliphatic carbocycles. The van der Waals surface area contributed by atoms with E-state index in [2.05, 4.69) is 24.8 Å². The van der Waals surface area contributed by atoms with Crippen molar-refractivity contribution in [3.8, 4) is 0 Å². The molecule has 1 aliphatic heterocycles. The summed E-state index contributed by atoms with van der Waals surface area (Å²) in [5, 5.41) is 0. The van der Waals surface area contributed by atoms with Crippen molar-refractivity contribution in [1.82, 2.24) is 19.9 Å². The average molecular weight is 271 g/mol. The minimum Gasteiger partial charge on any atom is -0.341 e. The Morgan fingerprint density at radius 3 is 2.60 bits per heavy atom. The third-order valence-corrected chi connectivity index (χ3v) is 3.60. The molecule has 20 heavy (non-hydrogen) atoms. The molecule has 0 amide bonds. The van der Waals surface area contributed by atoms with Crippen molar-refractivity contribution in [1.29, 1.82) is 0 Å². The van der Waals surface area contributed by atoms with Crippen LogP contribution in [0.2, 0.25) is 0 Å². The third kappa shape index (κ3) is 2.68. The Hall–Kier alpha value is -2.24. The van der Waals surface area contributed by atoms with Gasteiger partial charge in [0.25, 0.3) is 5.56 Å². The monoisotopic (exact) mass is 271 g/mol. The van der Waals surface area contributed by atoms with Gasteiger partial charge in [-0.05, 0) is 25.8 Å². The maximum absolute atomic E-state index is 11.5. The van der Waals surface area contributed by atoms with Crippen molar-refractivity contribution in [2.24, 2.45) is 0 Å². The molecular formula is C14H17N5O. The molecule has 0 spiro atoms. The molecule has 3 heterocycles. The van der Waals surface area contributed by atoms with Gasteiger partial charge >= 0.3 is 0 Å². The van der Waals surface area contributed by atoms with Gasteiger partial charge in [-0.3, -0.25) is 4.79 Å². The second-order valence-electron chi connectivity index (χ2n) is 5.08. The van der Waals surface area contributed by atoms with Gasteiger partial charge in [0.15, 0.2) is 0 Å². The summed E-state index contributed by atoms with van der Waals surface area (Å²) >= 11 is 0. The Morgan fingerprint density at radius 1 is 1.25 bits per heavy atom. The number of anilines is 1. The largest absolute Gasteiger partial charge is 0.341 e. The van der Waals surface area contributed by atoms with E-state index in [-0.39, 0.29) is 5.56 Å². The second kappa shape index (κ2) is 5.40. The van der Waals surface area contributed by atoms with Crippen LogP contribution in [0, 0.1) is 6.92 Å². The van der Waals surface area contributed by atoms with Crippen LogP contribution in [0.4, 0.5) is 5.95 Å². The normalized spacial score (nSPS) is 16.4. The van der Waals surface area contributed by atoms with Crippen LogP contribution in [0.5, 0.6) is 0 Å². The second-order valence-corrected chi connectivity index (χ2v) is 5.08. The van der Waals surface area contributed by atoms with E-state index in [4.69, 9.17) is 0 Å². The van der Waals surface area contributed by atoms with E-state index in [0.29, 0.717) is 5.92 Å². The highest BCUT2D eigenvalue weighted by Crippen LogP contribution is 2.26. The smallest absolute Gasteiger partial charge is 0.251 e. The quantitative estimate of drug-likeness (QED) is 0.889. The van der Waals surface area contributed by atoms with E-state index < -0.39 is 0 Å². The lowest BCUT2D eigenvalue weighted by Gasteiger charge is -2.31. The van der Waals surface area contributed by atoms with Crippen LogP contribution in [-0.4, -0.2) is 33.0 Å². The van der Waals surface area contributed by atoms with Crippen molar-refractivity contribution >= 4 is 5.95 Å². The van der Waals surface area contributed by atoms with Crippen LogP contribution in [0.3, 0.4) is 0 Å². The van der Waals surface area contributed by atoms with Gasteiger partial charge in [-0.25, -0.2) is 15.0 Å². The zero-order valence-corrected chi connectivity index (χ0v) is 11.4. The van der Waals surface area contributed by atoms with Crippen molar-refractivity contribution in [2.45, 2.75) is 25.7 Å². The molecule has 1 N–H and O–H groups in total. The van der Waals surface area contributed by atoms with Crippen molar-refractivity contribution in [3.05, 3.63) is 46.4 Å². The summed E-state index contributed by atoms with van der Waals surface area (Å²) in [4.78, 5) is 29.5. The first-order chi connectivity index (χ1) is 9.72. The van der Waals surface area contributed by atoms with Crippen molar-refractivity contribution in [2.75, 3.05) is 18.0 Å². The summed E-state index contributed by atoms with van der Waals surface area (Å²) < 4.78 is 0. The van der Waals surface area contributed by atoms with Gasteiger partial charge in [0.05, 0.1) is 0 Å². The van der Waals surface area contributed by atoms with E-state index in [9.17, 15) is 4.79 Å². The summed E-state index contributed by atoms with van der Waals surface area (Å²) in [6, 6.07) is 3.34. The number of H-pyrrole nitrogens is 1. The first-order valence-corrected chi connectivity index (χ1v) is 6.82. The van der Waals surface area contributed by atoms with E-state index in [1.807, 2.05) is 13.0 Å². The molecule has 0 unspecified atom stereocenters. The molecule has 0 bridgehead atoms. The Morgan fingerprint density at radius 2 is 1.95 bits per heavy atom. The first kappa shape index (κ1) is 12.8. The summed E-state index contributed by atoms with van der Waals surface area (Å²) in [5.74, 6) is 1.89. The molecule has 3 rings (SSSR count). The van der Waals surface area contributed by atoms with E-state index in [1.54, 1.807) is 12.4 Å². The van der Waals surface area contributed by atoms with E-state index >= 15 is 0 Å². The standard InChI is InChI=1S/C14H17N5O/c1-10-9-12(20)18-13(17-10)11-3-7-19(8-4-11)14-15-5-2-6-16-14/h2,5-6,9,11H,3-4,7-8H2,1H3,(H,17,18,20). The fraction of sp³-hybridized carbons (Fsp3) is 0.429. The van der Waals surface area contributed by atoms with Gasteiger partial charge in [0.1, 0.15) is 5.82 Å². The lowest BCUT2D eigenvalue weighted by Crippen LogP contribution is -2.35. The fourth-order valence-corrected chi connectivity index (χ4v) is 2.60. The number of rotatable bonds is 2. The molecule has 6 nitrogen and oxygen atoms in total. The summed E-state index contributed by atoms with van der Waals surface area (Å²) in [6.07, 6.45) is 5.41. The molecule has 0 atom stereocenters. The number of hydrogen-bond donors (Lipinski definition) is 1. The van der Waals surface area contributed by atoms with Crippen molar-refractivity contribution < 1.29 is 0 Å². The topological polar surface area (TPSA) is 74.8 Å². The highest BCUT2D eigenvalue weighted by atomic mass is 16.1. The molecule has 6 heteroatoms. The zero-order valence-electron chi connectivity index (χ0n) is 11.4. The molecule has 104 valence electrons. The molecule has 1 saturated heterocycles. The van der Waals surface area contributed by atoms with Crippen molar-refractivity contribution in [3.63, 3.8) is 0 Å². The lowest BCUT2D eigenvalue weighted by atomic mass is 9.96. The number of nitrogens with zero attached hydrogens (tertiary/aromatic N) is 4. The summed E-state index contributed by atoms with van der Waals surface area (Å²) in [6.45, 7) is 3.62. The number of aryl methyl sites for hydroxylation is 1. The minimum absolute atomic E-state index is 0.0682. The van der Waals surface area contributed by atoms with Crippen LogP contribution in [0.1, 0.15) is 30.3 Å². The molecule has 0 saturated carbocycles. The van der Waals surface area contributed by atoms with Gasteiger partial charge < -0.3 is 9.88 Å². The number of aromatic amines is 1. The molecule has 1 aliphatic rings. The molecular weight excluding hydrogens is 254 g/mol. The van der Waals surface area contributed by atoms with E-state index in [1.165, 1.54) is 6.07 Å². The summed E-state index contributed by atoms with van der Waals surface area (Å²) in [7, 11) is 0. The molecule has 2 aromatic heterocycles. The minimum atomic E-state index is -0.0682. The number of piperidine rings is 1. The Balaban J connectivity index is 1.71. The average Bonchev–Trinajstić information content (AvgIpc) is 2.47. The molecule has 2 aromatic rings. The number of aromatic nitrogens is 4. The highest BCUT2D eigenvalue weighted by Gasteiger charge is 2.23. The Bertz CT molecular complexity index is 632. The van der Waals surface area contributed by atoms with Gasteiger partial charge in [0.2, 0.25) is 5.95 Å². The molecule has 1 fully saturated rings. The summed E-state index contributed by atoms with van der Waals surface area (Å²) in [5.41, 5.74) is 0.707. The lowest BCUT2D eigenvalue weighted by molar-refractivity contribution is 0.478. The highest BCUT2D eigenvalue weighted by molar-refractivity contribution is 5.29. The van der Waals surface area contributed by atoms with E-state index in [0.717, 1.165) is 43.4 Å². The maximum atomic E-state index is 11.5. The first-order valence-electron chi connectivity index (χ1n) is 6.82. The van der Waals surface area contributed by atoms with Gasteiger partial charge in [-0.1, -0.05) is 0 Å². The van der Waals surface area contributed by atoms with Gasteiger partial charge in [-0.15, -0.1) is 0 Å². The molecule has 0 aromatic carbocycles. The Labute approximate surface area is 116 Å². The van der Waals surface area contributed by atoms with Gasteiger partial charge in [0, 0.05) is 43.2 Å². The van der Waals surface area contributed by atoms with Crippen LogP contribution >= 0.6 is 0 Å². The fourth-order valence-electron chi connectivity index (χ4n) is 2.60. The SMILES string of the molecule is Cc1cc(=O)[nH]c(C2CCN(c3ncccn3)CC2)n1. The predicted molar refractivity (Wildman–Crippen MR) is 75.8 cm³/mol. The zero-order chi connectivity index (χ0) is 13.9. The Kier molecular flexibility index (Phi) is 3.45. The maximum Gasteiger partial charge on any atom is 0.251 e. The van der Waals surface area contributed by atoms with Gasteiger partial charge in [-0.2, -0.15) is 0 Å². The van der Waals surface area contributed by atoms with Crippen LogP contribution in [-0.2, 0) is 0 Å². The van der Waals surface area contributed by atoms with Crippen LogP contribution < -0.4 is 10.5 Å².